The second-order valence-electron chi connectivity index (χ2n) is 4.24. The van der Waals surface area contributed by atoms with Gasteiger partial charge in [-0.3, -0.25) is 0 Å². The van der Waals surface area contributed by atoms with Crippen molar-refractivity contribution in [1.82, 2.24) is 9.97 Å². The molecule has 0 unspecified atom stereocenters. The highest BCUT2D eigenvalue weighted by molar-refractivity contribution is 14.1. The molecule has 1 aromatic heterocycles. The summed E-state index contributed by atoms with van der Waals surface area (Å²) in [6.07, 6.45) is 5.78. The van der Waals surface area contributed by atoms with Gasteiger partial charge in [0.15, 0.2) is 0 Å². The third-order valence-electron chi connectivity index (χ3n) is 3.00. The van der Waals surface area contributed by atoms with Crippen molar-refractivity contribution in [1.29, 1.82) is 0 Å². The van der Waals surface area contributed by atoms with Gasteiger partial charge in [-0.1, -0.05) is 24.3 Å². The summed E-state index contributed by atoms with van der Waals surface area (Å²) in [6, 6.07) is 9.02. The zero-order valence-electron chi connectivity index (χ0n) is 9.23. The van der Waals surface area contributed by atoms with E-state index in [1.165, 1.54) is 11.1 Å². The molecule has 0 saturated carbocycles. The first kappa shape index (κ1) is 11.0. The average Bonchev–Trinajstić information content (AvgIpc) is 2.74. The van der Waals surface area contributed by atoms with Crippen LogP contribution in [0.15, 0.2) is 36.7 Å². The molecule has 4 heteroatoms. The van der Waals surface area contributed by atoms with Gasteiger partial charge in [0.05, 0.1) is 0 Å². The number of aromatic nitrogens is 2. The maximum Gasteiger partial charge on any atom is 0.222 e. The van der Waals surface area contributed by atoms with E-state index in [2.05, 4.69) is 62.1 Å². The third-order valence-corrected chi connectivity index (χ3v) is 3.56. The topological polar surface area (TPSA) is 37.8 Å². The molecule has 0 saturated heterocycles. The Balaban J connectivity index is 1.71. The van der Waals surface area contributed by atoms with E-state index in [1.54, 1.807) is 0 Å². The Bertz CT molecular complexity index is 499. The highest BCUT2D eigenvalue weighted by Crippen LogP contribution is 2.23. The van der Waals surface area contributed by atoms with E-state index in [-0.39, 0.29) is 0 Å². The van der Waals surface area contributed by atoms with Crippen molar-refractivity contribution in [3.05, 3.63) is 51.4 Å². The summed E-state index contributed by atoms with van der Waals surface area (Å²) in [5.74, 6) is 0.725. The maximum absolute atomic E-state index is 4.27. The molecular weight excluding hydrogens is 325 g/mol. The van der Waals surface area contributed by atoms with Crippen molar-refractivity contribution in [2.45, 2.75) is 18.9 Å². The third kappa shape index (κ3) is 2.41. The molecule has 3 rings (SSSR count). The summed E-state index contributed by atoms with van der Waals surface area (Å²) < 4.78 is 1.06. The molecule has 1 aliphatic carbocycles. The molecule has 0 bridgehead atoms. The van der Waals surface area contributed by atoms with E-state index in [0.717, 1.165) is 22.4 Å². The Kier molecular flexibility index (Phi) is 2.96. The highest BCUT2D eigenvalue weighted by Gasteiger charge is 2.21. The lowest BCUT2D eigenvalue weighted by molar-refractivity contribution is 0.761. The number of hydrogen-bond donors (Lipinski definition) is 1. The van der Waals surface area contributed by atoms with Gasteiger partial charge in [-0.05, 0) is 46.6 Å². The molecule has 1 N–H and O–H groups in total. The summed E-state index contributed by atoms with van der Waals surface area (Å²) in [5, 5.41) is 3.39. The van der Waals surface area contributed by atoms with E-state index < -0.39 is 0 Å². The van der Waals surface area contributed by atoms with Crippen LogP contribution >= 0.6 is 22.6 Å². The lowest BCUT2D eigenvalue weighted by atomic mass is 10.1. The summed E-state index contributed by atoms with van der Waals surface area (Å²) in [6.45, 7) is 0. The quantitative estimate of drug-likeness (QED) is 0.857. The second kappa shape index (κ2) is 4.60. The number of anilines is 1. The van der Waals surface area contributed by atoms with Crippen LogP contribution in [-0.4, -0.2) is 16.0 Å². The molecule has 0 atom stereocenters. The molecule has 0 amide bonds. The van der Waals surface area contributed by atoms with Crippen molar-refractivity contribution in [3.8, 4) is 0 Å². The number of halogens is 1. The Hall–Kier alpha value is -1.17. The molecule has 0 radical (unpaired) electrons. The number of rotatable bonds is 2. The molecule has 3 nitrogen and oxygen atoms in total. The SMILES string of the molecule is Ic1cnc(NC2Cc3ccccc3C2)nc1. The summed E-state index contributed by atoms with van der Waals surface area (Å²) in [5.41, 5.74) is 2.88. The summed E-state index contributed by atoms with van der Waals surface area (Å²) in [7, 11) is 0. The highest BCUT2D eigenvalue weighted by atomic mass is 127. The number of nitrogens with zero attached hydrogens (tertiary/aromatic N) is 2. The van der Waals surface area contributed by atoms with Crippen molar-refractivity contribution in [3.63, 3.8) is 0 Å². The van der Waals surface area contributed by atoms with Crippen LogP contribution in [0.3, 0.4) is 0 Å². The molecule has 1 aromatic carbocycles. The van der Waals surface area contributed by atoms with Crippen LogP contribution in [0.5, 0.6) is 0 Å². The van der Waals surface area contributed by atoms with Crippen LogP contribution in [0.1, 0.15) is 11.1 Å². The largest absolute Gasteiger partial charge is 0.351 e. The van der Waals surface area contributed by atoms with E-state index >= 15 is 0 Å². The van der Waals surface area contributed by atoms with Crippen molar-refractivity contribution in [2.75, 3.05) is 5.32 Å². The van der Waals surface area contributed by atoms with Crippen LogP contribution in [0.2, 0.25) is 0 Å². The minimum atomic E-state index is 0.424. The van der Waals surface area contributed by atoms with Gasteiger partial charge in [0.1, 0.15) is 0 Å². The van der Waals surface area contributed by atoms with Crippen LogP contribution in [0.4, 0.5) is 5.95 Å². The van der Waals surface area contributed by atoms with Crippen LogP contribution in [0.25, 0.3) is 0 Å². The zero-order valence-corrected chi connectivity index (χ0v) is 11.4. The van der Waals surface area contributed by atoms with Crippen LogP contribution in [-0.2, 0) is 12.8 Å². The second-order valence-corrected chi connectivity index (χ2v) is 5.49. The molecule has 17 heavy (non-hydrogen) atoms. The molecule has 1 aliphatic rings. The fourth-order valence-electron chi connectivity index (χ4n) is 2.23. The fourth-order valence-corrected chi connectivity index (χ4v) is 2.51. The van der Waals surface area contributed by atoms with E-state index in [0.29, 0.717) is 6.04 Å². The normalized spacial score (nSPS) is 14.6. The lowest BCUT2D eigenvalue weighted by Gasteiger charge is -2.11. The standard InChI is InChI=1S/C13H12IN3/c14-11-7-15-13(16-8-11)17-12-5-9-3-1-2-4-10(9)6-12/h1-4,7-8,12H,5-6H2,(H,15,16,17). The van der Waals surface area contributed by atoms with Crippen molar-refractivity contribution >= 4 is 28.5 Å². The van der Waals surface area contributed by atoms with Gasteiger partial charge in [0.2, 0.25) is 5.95 Å². The first-order valence-electron chi connectivity index (χ1n) is 5.62. The molecule has 0 aliphatic heterocycles. The van der Waals surface area contributed by atoms with Gasteiger partial charge < -0.3 is 5.32 Å². The first-order chi connectivity index (χ1) is 8.31. The van der Waals surface area contributed by atoms with E-state index in [1.807, 2.05) is 12.4 Å². The fraction of sp³-hybridized carbons (Fsp3) is 0.231. The zero-order chi connectivity index (χ0) is 11.7. The number of hydrogen-bond acceptors (Lipinski definition) is 3. The summed E-state index contributed by atoms with van der Waals surface area (Å²) in [4.78, 5) is 8.55. The molecule has 2 aromatic rings. The maximum atomic E-state index is 4.27. The molecule has 86 valence electrons. The van der Waals surface area contributed by atoms with Gasteiger partial charge in [-0.25, -0.2) is 9.97 Å². The van der Waals surface area contributed by atoms with E-state index in [4.69, 9.17) is 0 Å². The van der Waals surface area contributed by atoms with Gasteiger partial charge in [-0.2, -0.15) is 0 Å². The minimum absolute atomic E-state index is 0.424. The molecule has 1 heterocycles. The minimum Gasteiger partial charge on any atom is -0.351 e. The summed E-state index contributed by atoms with van der Waals surface area (Å²) >= 11 is 2.21. The predicted octanol–water partition coefficient (Wildman–Crippen LogP) is 2.66. The monoisotopic (exact) mass is 337 g/mol. The number of benzene rings is 1. The van der Waals surface area contributed by atoms with Crippen LogP contribution < -0.4 is 5.32 Å². The first-order valence-corrected chi connectivity index (χ1v) is 6.70. The van der Waals surface area contributed by atoms with E-state index in [9.17, 15) is 0 Å². The number of nitrogens with one attached hydrogen (secondary N) is 1. The molecule has 0 spiro atoms. The van der Waals surface area contributed by atoms with Crippen molar-refractivity contribution < 1.29 is 0 Å². The lowest BCUT2D eigenvalue weighted by Crippen LogP contribution is -2.20. The molecular formula is C13H12IN3. The van der Waals surface area contributed by atoms with Gasteiger partial charge in [-0.15, -0.1) is 0 Å². The predicted molar refractivity (Wildman–Crippen MR) is 76.0 cm³/mol. The van der Waals surface area contributed by atoms with Crippen molar-refractivity contribution in [2.24, 2.45) is 0 Å². The average molecular weight is 337 g/mol. The Labute approximate surface area is 114 Å². The Morgan fingerprint density at radius 3 is 2.24 bits per heavy atom. The van der Waals surface area contributed by atoms with Crippen LogP contribution in [0, 0.1) is 3.57 Å². The van der Waals surface area contributed by atoms with Gasteiger partial charge >= 0.3 is 0 Å². The Morgan fingerprint density at radius 1 is 1.06 bits per heavy atom. The smallest absolute Gasteiger partial charge is 0.222 e. The molecule has 0 fully saturated rings. The van der Waals surface area contributed by atoms with Gasteiger partial charge in [0, 0.05) is 22.0 Å². The number of fused-ring (bicyclic) bond motifs is 1. The Morgan fingerprint density at radius 2 is 1.65 bits per heavy atom. The van der Waals surface area contributed by atoms with Gasteiger partial charge in [0.25, 0.3) is 0 Å².